The molecule has 7 heteroatoms. The normalized spacial score (nSPS) is 21.6. The van der Waals surface area contributed by atoms with Gasteiger partial charge < -0.3 is 5.73 Å². The predicted octanol–water partition coefficient (Wildman–Crippen LogP) is 1.84. The fourth-order valence-electron chi connectivity index (χ4n) is 2.01. The van der Waals surface area contributed by atoms with Gasteiger partial charge in [0.2, 0.25) is 0 Å². The van der Waals surface area contributed by atoms with Gasteiger partial charge >= 0.3 is 0 Å². The highest BCUT2D eigenvalue weighted by Crippen LogP contribution is 2.26. The van der Waals surface area contributed by atoms with Crippen molar-refractivity contribution in [2.45, 2.75) is 36.4 Å². The van der Waals surface area contributed by atoms with Gasteiger partial charge in [0.25, 0.3) is 10.0 Å². The van der Waals surface area contributed by atoms with Gasteiger partial charge in [0, 0.05) is 24.0 Å². The molecule has 2 N–H and O–H groups in total. The highest BCUT2D eigenvalue weighted by Gasteiger charge is 2.29. The van der Waals surface area contributed by atoms with Gasteiger partial charge in [-0.25, -0.2) is 8.42 Å². The molecular weight excluding hydrogens is 292 g/mol. The summed E-state index contributed by atoms with van der Waals surface area (Å²) >= 11 is 1.36. The van der Waals surface area contributed by atoms with Crippen LogP contribution < -0.4 is 5.73 Å². The van der Waals surface area contributed by atoms with Crippen LogP contribution in [0.3, 0.4) is 0 Å². The standard InChI is InChI=1S/C11H18N2O2S2.ClH/c1-2-10-5-6-11(16-10)17(14,15)13-7-3-4-9(12)8-13;/h5-6,9H,2-4,7-8,12H2,1H3;1H/t9-;/m1./s1. The first-order valence-corrected chi connectivity index (χ1v) is 8.14. The maximum atomic E-state index is 12.3. The average Bonchev–Trinajstić information content (AvgIpc) is 2.78. The van der Waals surface area contributed by atoms with E-state index in [0.717, 1.165) is 24.1 Å². The summed E-state index contributed by atoms with van der Waals surface area (Å²) in [7, 11) is -3.31. The SMILES string of the molecule is CCc1ccc(S(=O)(=O)N2CCC[C@@H](N)C2)s1.Cl. The molecule has 1 aromatic rings. The maximum Gasteiger partial charge on any atom is 0.252 e. The number of rotatable bonds is 3. The number of sulfonamides is 1. The molecule has 4 nitrogen and oxygen atoms in total. The van der Waals surface area contributed by atoms with E-state index < -0.39 is 10.0 Å². The molecule has 1 aliphatic heterocycles. The molecule has 1 fully saturated rings. The summed E-state index contributed by atoms with van der Waals surface area (Å²) in [5.74, 6) is 0. The van der Waals surface area contributed by atoms with E-state index in [-0.39, 0.29) is 18.4 Å². The van der Waals surface area contributed by atoms with Crippen LogP contribution in [0.5, 0.6) is 0 Å². The molecule has 0 aromatic carbocycles. The number of hydrogen-bond donors (Lipinski definition) is 1. The summed E-state index contributed by atoms with van der Waals surface area (Å²) in [6.07, 6.45) is 2.64. The van der Waals surface area contributed by atoms with Gasteiger partial charge in [-0.1, -0.05) is 6.92 Å². The monoisotopic (exact) mass is 310 g/mol. The molecule has 0 radical (unpaired) electrons. The third-order valence-electron chi connectivity index (χ3n) is 3.00. The van der Waals surface area contributed by atoms with E-state index in [1.807, 2.05) is 13.0 Å². The van der Waals surface area contributed by atoms with Gasteiger partial charge in [0.1, 0.15) is 4.21 Å². The lowest BCUT2D eigenvalue weighted by Crippen LogP contribution is -2.45. The summed E-state index contributed by atoms with van der Waals surface area (Å²) in [5, 5.41) is 0. The number of nitrogens with two attached hydrogens (primary N) is 1. The van der Waals surface area contributed by atoms with Gasteiger partial charge in [-0.2, -0.15) is 4.31 Å². The van der Waals surface area contributed by atoms with Crippen molar-refractivity contribution in [2.24, 2.45) is 5.73 Å². The average molecular weight is 311 g/mol. The molecule has 0 aliphatic carbocycles. The first-order valence-electron chi connectivity index (χ1n) is 5.88. The number of piperidine rings is 1. The van der Waals surface area contributed by atoms with Crippen LogP contribution in [0.15, 0.2) is 16.3 Å². The van der Waals surface area contributed by atoms with Crippen LogP contribution in [-0.4, -0.2) is 31.9 Å². The quantitative estimate of drug-likeness (QED) is 0.926. The first kappa shape index (κ1) is 15.9. The number of nitrogens with zero attached hydrogens (tertiary/aromatic N) is 1. The third kappa shape index (κ3) is 3.24. The molecule has 2 heterocycles. The molecule has 2 rings (SSSR count). The van der Waals surface area contributed by atoms with Crippen molar-refractivity contribution in [1.29, 1.82) is 0 Å². The lowest BCUT2D eigenvalue weighted by atomic mass is 10.1. The molecule has 0 bridgehead atoms. The summed E-state index contributed by atoms with van der Waals surface area (Å²) in [5.41, 5.74) is 5.83. The van der Waals surface area contributed by atoms with Gasteiger partial charge in [-0.15, -0.1) is 23.7 Å². The van der Waals surface area contributed by atoms with Crippen molar-refractivity contribution in [3.8, 4) is 0 Å². The highest BCUT2D eigenvalue weighted by atomic mass is 35.5. The van der Waals surface area contributed by atoms with Crippen LogP contribution >= 0.6 is 23.7 Å². The summed E-state index contributed by atoms with van der Waals surface area (Å²) in [6, 6.07) is 3.57. The van der Waals surface area contributed by atoms with Crippen molar-refractivity contribution < 1.29 is 8.42 Å². The molecule has 104 valence electrons. The number of hydrogen-bond acceptors (Lipinski definition) is 4. The van der Waals surface area contributed by atoms with E-state index in [2.05, 4.69) is 0 Å². The third-order valence-corrected chi connectivity index (χ3v) is 6.56. The second-order valence-corrected chi connectivity index (χ2v) is 7.67. The van der Waals surface area contributed by atoms with Gasteiger partial charge in [-0.3, -0.25) is 0 Å². The minimum atomic E-state index is -3.31. The number of halogens is 1. The minimum absolute atomic E-state index is 0. The van der Waals surface area contributed by atoms with Crippen molar-refractivity contribution in [2.75, 3.05) is 13.1 Å². The molecule has 18 heavy (non-hydrogen) atoms. The Morgan fingerprint density at radius 3 is 2.78 bits per heavy atom. The van der Waals surface area contributed by atoms with Crippen molar-refractivity contribution in [3.05, 3.63) is 17.0 Å². The molecule has 1 saturated heterocycles. The Kier molecular flexibility index (Phi) is 5.61. The second-order valence-electron chi connectivity index (χ2n) is 4.34. The Labute approximate surface area is 119 Å². The molecule has 0 amide bonds. The van der Waals surface area contributed by atoms with E-state index in [9.17, 15) is 8.42 Å². The lowest BCUT2D eigenvalue weighted by molar-refractivity contribution is 0.316. The number of aryl methyl sites for hydroxylation is 1. The van der Waals surface area contributed by atoms with E-state index in [4.69, 9.17) is 5.73 Å². The molecule has 0 spiro atoms. The highest BCUT2D eigenvalue weighted by molar-refractivity contribution is 7.91. The summed E-state index contributed by atoms with van der Waals surface area (Å²) in [4.78, 5) is 1.10. The predicted molar refractivity (Wildman–Crippen MR) is 76.9 cm³/mol. The van der Waals surface area contributed by atoms with Crippen molar-refractivity contribution in [1.82, 2.24) is 4.31 Å². The Bertz CT molecular complexity index is 487. The van der Waals surface area contributed by atoms with Crippen LogP contribution in [0.1, 0.15) is 24.6 Å². The van der Waals surface area contributed by atoms with Crippen molar-refractivity contribution >= 4 is 33.8 Å². The molecular formula is C11H19ClN2O2S2. The Morgan fingerprint density at radius 2 is 2.22 bits per heavy atom. The van der Waals surface area contributed by atoms with Crippen LogP contribution in [0.25, 0.3) is 0 Å². The largest absolute Gasteiger partial charge is 0.327 e. The molecule has 0 saturated carbocycles. The van der Waals surface area contributed by atoms with Crippen molar-refractivity contribution in [3.63, 3.8) is 0 Å². The molecule has 1 atom stereocenters. The fourth-order valence-corrected chi connectivity index (χ4v) is 4.99. The Hall–Kier alpha value is -0.140. The Balaban J connectivity index is 0.00000162. The zero-order chi connectivity index (χ0) is 12.5. The molecule has 0 unspecified atom stereocenters. The minimum Gasteiger partial charge on any atom is -0.327 e. The smallest absolute Gasteiger partial charge is 0.252 e. The zero-order valence-electron chi connectivity index (χ0n) is 10.3. The molecule has 1 aromatic heterocycles. The maximum absolute atomic E-state index is 12.3. The van der Waals surface area contributed by atoms with Gasteiger partial charge in [0.15, 0.2) is 0 Å². The second kappa shape index (κ2) is 6.34. The summed E-state index contributed by atoms with van der Waals surface area (Å²) < 4.78 is 26.7. The van der Waals surface area contributed by atoms with Crippen LogP contribution in [-0.2, 0) is 16.4 Å². The topological polar surface area (TPSA) is 63.4 Å². The Morgan fingerprint density at radius 1 is 1.50 bits per heavy atom. The van der Waals surface area contributed by atoms with Crippen LogP contribution in [0, 0.1) is 0 Å². The summed E-state index contributed by atoms with van der Waals surface area (Å²) in [6.45, 7) is 3.07. The van der Waals surface area contributed by atoms with E-state index in [1.165, 1.54) is 15.6 Å². The zero-order valence-corrected chi connectivity index (χ0v) is 12.8. The van der Waals surface area contributed by atoms with E-state index in [1.54, 1.807) is 6.07 Å². The fraction of sp³-hybridized carbons (Fsp3) is 0.636. The van der Waals surface area contributed by atoms with E-state index >= 15 is 0 Å². The van der Waals surface area contributed by atoms with Crippen LogP contribution in [0.4, 0.5) is 0 Å². The molecule has 1 aliphatic rings. The lowest BCUT2D eigenvalue weighted by Gasteiger charge is -2.29. The van der Waals surface area contributed by atoms with E-state index in [0.29, 0.717) is 17.3 Å². The van der Waals surface area contributed by atoms with Crippen LogP contribution in [0.2, 0.25) is 0 Å². The van der Waals surface area contributed by atoms with Gasteiger partial charge in [0.05, 0.1) is 0 Å². The van der Waals surface area contributed by atoms with Gasteiger partial charge in [-0.05, 0) is 31.4 Å². The number of thiophene rings is 1. The first-order chi connectivity index (χ1) is 8.04.